The minimum absolute atomic E-state index is 0.0164. The van der Waals surface area contributed by atoms with Crippen LogP contribution in [0.2, 0.25) is 0 Å². The van der Waals surface area contributed by atoms with Gasteiger partial charge >= 0.3 is 0 Å². The van der Waals surface area contributed by atoms with Crippen LogP contribution in [-0.4, -0.2) is 20.1 Å². The van der Waals surface area contributed by atoms with E-state index in [1.165, 1.54) is 23.5 Å². The van der Waals surface area contributed by atoms with Gasteiger partial charge in [0.05, 0.1) is 16.2 Å². The Morgan fingerprint density at radius 1 is 1.19 bits per heavy atom. The number of anilines is 1. The molecule has 0 aliphatic heterocycles. The largest absolute Gasteiger partial charge is 0.317 e. The Morgan fingerprint density at radius 2 is 1.89 bits per heavy atom. The van der Waals surface area contributed by atoms with Gasteiger partial charge in [-0.2, -0.15) is 5.26 Å². The number of sulfone groups is 1. The fraction of sp³-hybridized carbons (Fsp3) is 0.368. The molecule has 8 heteroatoms. The van der Waals surface area contributed by atoms with Crippen molar-refractivity contribution in [3.63, 3.8) is 0 Å². The molecule has 1 aliphatic carbocycles. The molecule has 0 atom stereocenters. The van der Waals surface area contributed by atoms with E-state index in [9.17, 15) is 22.9 Å². The van der Waals surface area contributed by atoms with E-state index in [1.807, 2.05) is 0 Å². The molecule has 1 aromatic carbocycles. The van der Waals surface area contributed by atoms with E-state index in [1.54, 1.807) is 0 Å². The molecule has 1 aliphatic rings. The van der Waals surface area contributed by atoms with Gasteiger partial charge in [0.2, 0.25) is 5.91 Å². The van der Waals surface area contributed by atoms with Crippen LogP contribution in [-0.2, 0) is 27.5 Å². The van der Waals surface area contributed by atoms with Gasteiger partial charge in [-0.1, -0.05) is 6.42 Å². The first-order valence-electron chi connectivity index (χ1n) is 8.73. The number of fused-ring (bicyclic) bond motifs is 1. The monoisotopic (exact) mass is 406 g/mol. The van der Waals surface area contributed by atoms with E-state index in [0.717, 1.165) is 54.7 Å². The third kappa shape index (κ3) is 4.54. The second kappa shape index (κ2) is 8.19. The van der Waals surface area contributed by atoms with Crippen molar-refractivity contribution < 1.29 is 17.6 Å². The average molecular weight is 407 g/mol. The predicted octanol–water partition coefficient (Wildman–Crippen LogP) is 3.83. The Kier molecular flexibility index (Phi) is 5.92. The van der Waals surface area contributed by atoms with Crippen LogP contribution in [0.5, 0.6) is 0 Å². The molecular formula is C19H19FN2O3S2. The van der Waals surface area contributed by atoms with Crippen molar-refractivity contribution in [1.29, 1.82) is 5.26 Å². The minimum atomic E-state index is -3.68. The van der Waals surface area contributed by atoms with Gasteiger partial charge < -0.3 is 5.32 Å². The number of nitrogens with zero attached hydrogens (tertiary/aromatic N) is 1. The highest BCUT2D eigenvalue weighted by atomic mass is 32.2. The Balaban J connectivity index is 1.68. The smallest absolute Gasteiger partial charge is 0.226 e. The lowest BCUT2D eigenvalue weighted by atomic mass is 10.1. The van der Waals surface area contributed by atoms with Crippen LogP contribution in [0.3, 0.4) is 0 Å². The van der Waals surface area contributed by atoms with Crippen LogP contribution >= 0.6 is 11.3 Å². The van der Waals surface area contributed by atoms with Gasteiger partial charge in [-0.3, -0.25) is 4.79 Å². The zero-order valence-corrected chi connectivity index (χ0v) is 16.3. The Morgan fingerprint density at radius 3 is 2.59 bits per heavy atom. The molecule has 0 unspecified atom stereocenters. The summed E-state index contributed by atoms with van der Waals surface area (Å²) in [7, 11) is -3.68. The van der Waals surface area contributed by atoms with Crippen molar-refractivity contribution >= 4 is 32.1 Å². The normalized spacial score (nSPS) is 14.1. The zero-order valence-electron chi connectivity index (χ0n) is 14.6. The lowest BCUT2D eigenvalue weighted by Gasteiger charge is -2.06. The number of hydrogen-bond donors (Lipinski definition) is 1. The molecular weight excluding hydrogens is 387 g/mol. The number of amides is 1. The van der Waals surface area contributed by atoms with Gasteiger partial charge in [-0.15, -0.1) is 11.3 Å². The third-order valence-electron chi connectivity index (χ3n) is 4.56. The molecule has 0 saturated carbocycles. The highest BCUT2D eigenvalue weighted by Gasteiger charge is 2.22. The highest BCUT2D eigenvalue weighted by molar-refractivity contribution is 7.91. The molecule has 142 valence electrons. The topological polar surface area (TPSA) is 87.0 Å². The van der Waals surface area contributed by atoms with Crippen LogP contribution in [0.4, 0.5) is 9.39 Å². The maximum atomic E-state index is 12.9. The van der Waals surface area contributed by atoms with E-state index in [0.29, 0.717) is 10.6 Å². The first kappa shape index (κ1) is 19.5. The molecule has 27 heavy (non-hydrogen) atoms. The van der Waals surface area contributed by atoms with Crippen molar-refractivity contribution in [3.05, 3.63) is 46.1 Å². The molecule has 0 spiro atoms. The summed E-state index contributed by atoms with van der Waals surface area (Å²) >= 11 is 1.41. The SMILES string of the molecule is N#Cc1c(NC(=O)CCS(=O)(=O)c2ccc(F)cc2)sc2c1CCCCC2. The maximum Gasteiger partial charge on any atom is 0.226 e. The van der Waals surface area contributed by atoms with E-state index in [-0.39, 0.29) is 17.1 Å². The molecule has 0 radical (unpaired) electrons. The second-order valence-electron chi connectivity index (χ2n) is 6.45. The predicted molar refractivity (Wildman–Crippen MR) is 102 cm³/mol. The number of rotatable bonds is 5. The van der Waals surface area contributed by atoms with Crippen LogP contribution in [0, 0.1) is 17.1 Å². The Labute approximate surface area is 161 Å². The van der Waals surface area contributed by atoms with E-state index in [2.05, 4.69) is 11.4 Å². The molecule has 1 N–H and O–H groups in total. The first-order chi connectivity index (χ1) is 12.9. The van der Waals surface area contributed by atoms with E-state index in [4.69, 9.17) is 0 Å². The highest BCUT2D eigenvalue weighted by Crippen LogP contribution is 2.37. The first-order valence-corrected chi connectivity index (χ1v) is 11.2. The standard InChI is InChI=1S/C19H19FN2O3S2/c20-13-6-8-14(9-7-13)27(24,25)11-10-18(23)22-19-16(12-21)15-4-2-1-3-5-17(15)26-19/h6-9H,1-5,10-11H2,(H,22,23). The second-order valence-corrected chi connectivity index (χ2v) is 9.67. The van der Waals surface area contributed by atoms with Crippen LogP contribution in [0.25, 0.3) is 0 Å². The number of carbonyl (C=O) groups excluding carboxylic acids is 1. The molecule has 0 saturated heterocycles. The molecule has 5 nitrogen and oxygen atoms in total. The molecule has 1 heterocycles. The van der Waals surface area contributed by atoms with Crippen molar-refractivity contribution in [1.82, 2.24) is 0 Å². The number of thiophene rings is 1. The van der Waals surface area contributed by atoms with Crippen molar-refractivity contribution in [2.75, 3.05) is 11.1 Å². The number of halogens is 1. The number of benzene rings is 1. The fourth-order valence-corrected chi connectivity index (χ4v) is 5.62. The van der Waals surface area contributed by atoms with Gasteiger partial charge in [0, 0.05) is 11.3 Å². The third-order valence-corrected chi connectivity index (χ3v) is 7.50. The van der Waals surface area contributed by atoms with Gasteiger partial charge in [-0.25, -0.2) is 12.8 Å². The summed E-state index contributed by atoms with van der Waals surface area (Å²) in [6, 6.07) is 6.71. The molecule has 1 aromatic heterocycles. The van der Waals surface area contributed by atoms with Crippen molar-refractivity contribution in [2.24, 2.45) is 0 Å². The Hall–Kier alpha value is -2.24. The zero-order chi connectivity index (χ0) is 19.4. The number of nitriles is 1. The van der Waals surface area contributed by atoms with Crippen LogP contribution in [0.1, 0.15) is 41.7 Å². The van der Waals surface area contributed by atoms with Crippen molar-refractivity contribution in [2.45, 2.75) is 43.4 Å². The molecule has 3 rings (SSSR count). The summed E-state index contributed by atoms with van der Waals surface area (Å²) in [5.41, 5.74) is 1.53. The molecule has 0 fully saturated rings. The van der Waals surface area contributed by atoms with Crippen LogP contribution in [0.15, 0.2) is 29.2 Å². The summed E-state index contributed by atoms with van der Waals surface area (Å²) in [6.07, 6.45) is 4.75. The van der Waals surface area contributed by atoms with Gasteiger partial charge in [-0.05, 0) is 55.5 Å². The Bertz CT molecular complexity index is 989. The minimum Gasteiger partial charge on any atom is -0.317 e. The van der Waals surface area contributed by atoms with Gasteiger partial charge in [0.1, 0.15) is 16.9 Å². The number of aryl methyl sites for hydroxylation is 1. The maximum absolute atomic E-state index is 12.9. The quantitative estimate of drug-likeness (QED) is 0.604. The van der Waals surface area contributed by atoms with Gasteiger partial charge in [0.25, 0.3) is 0 Å². The van der Waals surface area contributed by atoms with E-state index < -0.39 is 21.6 Å². The fourth-order valence-electron chi connectivity index (χ4n) is 3.12. The van der Waals surface area contributed by atoms with Crippen molar-refractivity contribution in [3.8, 4) is 6.07 Å². The van der Waals surface area contributed by atoms with Crippen LogP contribution < -0.4 is 5.32 Å². The number of nitrogens with one attached hydrogen (secondary N) is 1. The summed E-state index contributed by atoms with van der Waals surface area (Å²) in [4.78, 5) is 13.4. The number of carbonyl (C=O) groups is 1. The molecule has 0 bridgehead atoms. The summed E-state index contributed by atoms with van der Waals surface area (Å²) < 4.78 is 37.5. The molecule has 1 amide bonds. The molecule has 2 aromatic rings. The van der Waals surface area contributed by atoms with E-state index >= 15 is 0 Å². The summed E-state index contributed by atoms with van der Waals surface area (Å²) in [6.45, 7) is 0. The lowest BCUT2D eigenvalue weighted by Crippen LogP contribution is -2.17. The van der Waals surface area contributed by atoms with Gasteiger partial charge in [0.15, 0.2) is 9.84 Å². The lowest BCUT2D eigenvalue weighted by molar-refractivity contribution is -0.115. The number of hydrogen-bond acceptors (Lipinski definition) is 5. The summed E-state index contributed by atoms with van der Waals surface area (Å²) in [5.74, 6) is -1.35. The average Bonchev–Trinajstić information content (AvgIpc) is 2.80. The summed E-state index contributed by atoms with van der Waals surface area (Å²) in [5, 5.41) is 12.7.